The summed E-state index contributed by atoms with van der Waals surface area (Å²) >= 11 is 0. The van der Waals surface area contributed by atoms with Crippen LogP contribution in [0.1, 0.15) is 35.7 Å². The van der Waals surface area contributed by atoms with Crippen LogP contribution in [0.3, 0.4) is 0 Å². The number of rotatable bonds is 11. The largest absolute Gasteiger partial charge is 0.495 e. The molecular weight excluding hydrogens is 548 g/mol. The highest BCUT2D eigenvalue weighted by molar-refractivity contribution is 5.95. The van der Waals surface area contributed by atoms with Crippen LogP contribution in [0.25, 0.3) is 11.1 Å². The molecule has 43 heavy (non-hydrogen) atoms. The fourth-order valence-electron chi connectivity index (χ4n) is 4.89. The summed E-state index contributed by atoms with van der Waals surface area (Å²) in [5.74, 6) is 1.70. The molecule has 4 aromatic rings. The monoisotopic (exact) mass is 582 g/mol. The van der Waals surface area contributed by atoms with Gasteiger partial charge in [-0.1, -0.05) is 6.07 Å². The molecule has 0 aliphatic carbocycles. The van der Waals surface area contributed by atoms with Crippen LogP contribution in [0.2, 0.25) is 0 Å². The van der Waals surface area contributed by atoms with Crippen LogP contribution in [-0.4, -0.2) is 80.9 Å². The van der Waals surface area contributed by atoms with E-state index in [0.717, 1.165) is 37.1 Å². The average molecular weight is 583 g/mol. The van der Waals surface area contributed by atoms with Crippen molar-refractivity contribution in [2.24, 2.45) is 5.92 Å². The molecule has 0 saturated carbocycles. The van der Waals surface area contributed by atoms with Gasteiger partial charge in [-0.15, -0.1) is 5.10 Å². The van der Waals surface area contributed by atoms with Gasteiger partial charge < -0.3 is 25.0 Å². The molecule has 3 heterocycles. The Kier molecular flexibility index (Phi) is 9.38. The third-order valence-electron chi connectivity index (χ3n) is 7.35. The number of ether oxygens (including phenoxy) is 2. The first-order valence-electron chi connectivity index (χ1n) is 14.1. The lowest BCUT2D eigenvalue weighted by molar-refractivity contribution is 0.0939. The van der Waals surface area contributed by atoms with Crippen molar-refractivity contribution in [3.8, 4) is 28.7 Å². The highest BCUT2D eigenvalue weighted by atomic mass is 16.5. The normalized spacial score (nSPS) is 14.5. The van der Waals surface area contributed by atoms with Crippen molar-refractivity contribution in [2.75, 3.05) is 39.1 Å². The van der Waals surface area contributed by atoms with Crippen molar-refractivity contribution in [2.45, 2.75) is 32.4 Å². The minimum Gasteiger partial charge on any atom is -0.495 e. The van der Waals surface area contributed by atoms with Gasteiger partial charge in [-0.3, -0.25) is 4.79 Å². The molecule has 1 aliphatic heterocycles. The Hall–Kier alpha value is -5.09. The molecular formula is C30H34N10O3. The van der Waals surface area contributed by atoms with Crippen LogP contribution in [0, 0.1) is 17.2 Å². The Morgan fingerprint density at radius 1 is 1.12 bits per heavy atom. The van der Waals surface area contributed by atoms with Gasteiger partial charge in [0.25, 0.3) is 5.91 Å². The molecule has 1 atom stereocenters. The summed E-state index contributed by atoms with van der Waals surface area (Å²) in [7, 11) is 3.69. The zero-order valence-corrected chi connectivity index (χ0v) is 24.4. The van der Waals surface area contributed by atoms with Gasteiger partial charge in [0.15, 0.2) is 0 Å². The zero-order chi connectivity index (χ0) is 30.2. The second-order valence-electron chi connectivity index (χ2n) is 10.6. The molecule has 0 radical (unpaired) electrons. The van der Waals surface area contributed by atoms with Gasteiger partial charge >= 0.3 is 0 Å². The number of anilines is 2. The summed E-state index contributed by atoms with van der Waals surface area (Å²) in [6.45, 7) is 5.07. The summed E-state index contributed by atoms with van der Waals surface area (Å²) < 4.78 is 13.1. The maximum Gasteiger partial charge on any atom is 0.251 e. The second kappa shape index (κ2) is 13.7. The van der Waals surface area contributed by atoms with Gasteiger partial charge in [0.05, 0.1) is 24.9 Å². The number of nitriles is 1. The molecule has 5 rings (SSSR count). The topological polar surface area (TPSA) is 156 Å². The number of nitrogens with one attached hydrogen (secondary N) is 2. The van der Waals surface area contributed by atoms with Crippen molar-refractivity contribution in [3.05, 3.63) is 66.2 Å². The van der Waals surface area contributed by atoms with E-state index >= 15 is 0 Å². The summed E-state index contributed by atoms with van der Waals surface area (Å²) in [5, 5.41) is 26.9. The molecule has 1 aliphatic rings. The first-order valence-corrected chi connectivity index (χ1v) is 14.1. The fourth-order valence-corrected chi connectivity index (χ4v) is 4.89. The average Bonchev–Trinajstić information content (AvgIpc) is 3.54. The minimum atomic E-state index is -0.282. The highest BCUT2D eigenvalue weighted by Gasteiger charge is 2.19. The van der Waals surface area contributed by atoms with Gasteiger partial charge in [0.1, 0.15) is 30.0 Å². The van der Waals surface area contributed by atoms with E-state index in [9.17, 15) is 10.1 Å². The van der Waals surface area contributed by atoms with Crippen LogP contribution in [0.4, 0.5) is 11.6 Å². The third-order valence-corrected chi connectivity index (χ3v) is 7.35. The maximum atomic E-state index is 12.9. The van der Waals surface area contributed by atoms with Gasteiger partial charge in [0, 0.05) is 30.1 Å². The van der Waals surface area contributed by atoms with E-state index in [1.165, 1.54) is 6.33 Å². The van der Waals surface area contributed by atoms with E-state index in [2.05, 4.69) is 54.1 Å². The predicted octanol–water partition coefficient (Wildman–Crippen LogP) is 3.29. The molecule has 13 heteroatoms. The molecule has 0 bridgehead atoms. The quantitative estimate of drug-likeness (QED) is 0.267. The standard InChI is InChI=1S/C30H34N10O3/c1-20(18-40-19-35-37-38-40)43-28-13-22(4-5-24(28)14-31)25-16-33-30(34-17-25)36-26-12-23(6-7-27(26)42-3)29(41)32-15-21-8-10-39(2)11-9-21/h4-7,12-13,16-17,19-21H,8-11,15,18H2,1-3H3,(H,32,41)(H,33,34,36)/t20-/m0/s1. The fraction of sp³-hybridized carbons (Fsp3) is 0.367. The predicted molar refractivity (Wildman–Crippen MR) is 159 cm³/mol. The van der Waals surface area contributed by atoms with Crippen molar-refractivity contribution < 1.29 is 14.3 Å². The van der Waals surface area contributed by atoms with Gasteiger partial charge in [-0.05, 0) is 92.1 Å². The smallest absolute Gasteiger partial charge is 0.251 e. The number of likely N-dealkylation sites (tertiary alicyclic amines) is 1. The first-order chi connectivity index (χ1) is 20.9. The second-order valence-corrected chi connectivity index (χ2v) is 10.6. The number of methoxy groups -OCH3 is 1. The van der Waals surface area contributed by atoms with E-state index in [0.29, 0.717) is 53.3 Å². The van der Waals surface area contributed by atoms with Gasteiger partial charge in [-0.2, -0.15) is 5.26 Å². The third kappa shape index (κ3) is 7.60. The van der Waals surface area contributed by atoms with Crippen LogP contribution < -0.4 is 20.1 Å². The molecule has 2 N–H and O–H groups in total. The molecule has 222 valence electrons. The van der Waals surface area contributed by atoms with Crippen LogP contribution >= 0.6 is 0 Å². The van der Waals surface area contributed by atoms with Crippen molar-refractivity contribution in [3.63, 3.8) is 0 Å². The molecule has 1 amide bonds. The Bertz CT molecular complexity index is 1560. The summed E-state index contributed by atoms with van der Waals surface area (Å²) in [6, 6.07) is 12.7. The van der Waals surface area contributed by atoms with E-state index in [1.807, 2.05) is 13.0 Å². The summed E-state index contributed by atoms with van der Waals surface area (Å²) in [5.41, 5.74) is 3.03. The zero-order valence-electron chi connectivity index (χ0n) is 24.4. The van der Waals surface area contributed by atoms with E-state index in [-0.39, 0.29) is 12.0 Å². The van der Waals surface area contributed by atoms with Gasteiger partial charge in [-0.25, -0.2) is 14.6 Å². The van der Waals surface area contributed by atoms with Crippen molar-refractivity contribution in [1.82, 2.24) is 40.4 Å². The SMILES string of the molecule is COc1ccc(C(=O)NCC2CCN(C)CC2)cc1Nc1ncc(-c2ccc(C#N)c(O[C@@H](C)Cn3cnnn3)c2)cn1. The number of hydrogen-bond acceptors (Lipinski definition) is 11. The van der Waals surface area contributed by atoms with Gasteiger partial charge in [0.2, 0.25) is 5.95 Å². The number of aromatic nitrogens is 6. The van der Waals surface area contributed by atoms with E-state index in [4.69, 9.17) is 9.47 Å². The summed E-state index contributed by atoms with van der Waals surface area (Å²) in [6.07, 6.45) is 6.74. The molecule has 0 spiro atoms. The Morgan fingerprint density at radius 2 is 1.91 bits per heavy atom. The summed E-state index contributed by atoms with van der Waals surface area (Å²) in [4.78, 5) is 24.2. The van der Waals surface area contributed by atoms with Crippen molar-refractivity contribution in [1.29, 1.82) is 5.26 Å². The van der Waals surface area contributed by atoms with Crippen LogP contribution in [0.5, 0.6) is 11.5 Å². The minimum absolute atomic E-state index is 0.132. The molecule has 2 aromatic carbocycles. The number of carbonyl (C=O) groups is 1. The Morgan fingerprint density at radius 3 is 2.60 bits per heavy atom. The van der Waals surface area contributed by atoms with Crippen LogP contribution in [0.15, 0.2) is 55.1 Å². The Labute approximate surface area is 249 Å². The Balaban J connectivity index is 1.26. The lowest BCUT2D eigenvalue weighted by atomic mass is 9.97. The lowest BCUT2D eigenvalue weighted by Crippen LogP contribution is -2.36. The highest BCUT2D eigenvalue weighted by Crippen LogP contribution is 2.30. The number of nitrogens with zero attached hydrogens (tertiary/aromatic N) is 8. The lowest BCUT2D eigenvalue weighted by Gasteiger charge is -2.28. The van der Waals surface area contributed by atoms with Crippen molar-refractivity contribution >= 4 is 17.5 Å². The number of tetrazole rings is 1. The molecule has 2 aromatic heterocycles. The molecule has 1 saturated heterocycles. The number of carbonyl (C=O) groups excluding carboxylic acids is 1. The van der Waals surface area contributed by atoms with Crippen LogP contribution in [-0.2, 0) is 6.54 Å². The number of benzene rings is 2. The number of amides is 1. The number of hydrogen-bond donors (Lipinski definition) is 2. The first kappa shape index (κ1) is 29.4. The maximum absolute atomic E-state index is 12.9. The van der Waals surface area contributed by atoms with E-state index < -0.39 is 0 Å². The molecule has 13 nitrogen and oxygen atoms in total. The molecule has 0 unspecified atom stereocenters. The molecule has 1 fully saturated rings. The van der Waals surface area contributed by atoms with E-state index in [1.54, 1.807) is 54.5 Å². The number of piperidine rings is 1.